The van der Waals surface area contributed by atoms with Crippen molar-refractivity contribution in [3.05, 3.63) is 18.2 Å². The molecule has 1 amide bonds. The maximum atomic E-state index is 10.9. The fourth-order valence-electron chi connectivity index (χ4n) is 1.03. The zero-order valence-corrected chi connectivity index (χ0v) is 7.72. The van der Waals surface area contributed by atoms with Gasteiger partial charge in [0, 0.05) is 6.54 Å². The Labute approximate surface area is 81.3 Å². The summed E-state index contributed by atoms with van der Waals surface area (Å²) < 4.78 is 6.65. The molecule has 0 atom stereocenters. The third-order valence-electron chi connectivity index (χ3n) is 1.68. The SMILES string of the molecule is NC(=O)c1cncn1CCOCCO. The Morgan fingerprint density at radius 1 is 1.64 bits per heavy atom. The van der Waals surface area contributed by atoms with Crippen LogP contribution in [0.3, 0.4) is 0 Å². The molecular weight excluding hydrogens is 186 g/mol. The molecule has 14 heavy (non-hydrogen) atoms. The Hall–Kier alpha value is -1.40. The van der Waals surface area contributed by atoms with Gasteiger partial charge in [0.05, 0.1) is 32.3 Å². The van der Waals surface area contributed by atoms with Crippen LogP contribution in [-0.4, -0.2) is 40.4 Å². The van der Waals surface area contributed by atoms with Gasteiger partial charge in [-0.25, -0.2) is 4.98 Å². The average Bonchev–Trinajstić information content (AvgIpc) is 2.60. The van der Waals surface area contributed by atoms with E-state index in [9.17, 15) is 4.79 Å². The first-order valence-corrected chi connectivity index (χ1v) is 4.24. The van der Waals surface area contributed by atoms with Gasteiger partial charge in [-0.05, 0) is 0 Å². The highest BCUT2D eigenvalue weighted by Gasteiger charge is 2.06. The van der Waals surface area contributed by atoms with E-state index < -0.39 is 5.91 Å². The number of nitrogens with two attached hydrogens (primary N) is 1. The van der Waals surface area contributed by atoms with E-state index in [2.05, 4.69) is 4.98 Å². The molecule has 0 aliphatic carbocycles. The summed E-state index contributed by atoms with van der Waals surface area (Å²) in [5.74, 6) is -0.510. The monoisotopic (exact) mass is 199 g/mol. The maximum absolute atomic E-state index is 10.9. The average molecular weight is 199 g/mol. The number of hydrogen-bond donors (Lipinski definition) is 2. The van der Waals surface area contributed by atoms with E-state index in [-0.39, 0.29) is 6.61 Å². The Kier molecular flexibility index (Phi) is 4.09. The number of aliphatic hydroxyl groups is 1. The molecule has 0 fully saturated rings. The maximum Gasteiger partial charge on any atom is 0.266 e. The van der Waals surface area contributed by atoms with Crippen molar-refractivity contribution in [1.29, 1.82) is 0 Å². The van der Waals surface area contributed by atoms with E-state index >= 15 is 0 Å². The number of ether oxygens (including phenoxy) is 1. The number of primary amides is 1. The van der Waals surface area contributed by atoms with Crippen molar-refractivity contribution in [2.24, 2.45) is 5.73 Å². The van der Waals surface area contributed by atoms with Crippen LogP contribution in [-0.2, 0) is 11.3 Å². The highest BCUT2D eigenvalue weighted by molar-refractivity contribution is 5.90. The van der Waals surface area contributed by atoms with Crippen LogP contribution in [0, 0.1) is 0 Å². The summed E-state index contributed by atoms with van der Waals surface area (Å²) in [4.78, 5) is 14.7. The number of hydrogen-bond acceptors (Lipinski definition) is 4. The predicted octanol–water partition coefficient (Wildman–Crippen LogP) is -1.01. The van der Waals surface area contributed by atoms with Crippen LogP contribution >= 0.6 is 0 Å². The minimum atomic E-state index is -0.510. The second-order valence-corrected chi connectivity index (χ2v) is 2.67. The van der Waals surface area contributed by atoms with Crippen molar-refractivity contribution in [1.82, 2.24) is 9.55 Å². The molecule has 3 N–H and O–H groups in total. The van der Waals surface area contributed by atoms with Crippen LogP contribution in [0.2, 0.25) is 0 Å². The first-order chi connectivity index (χ1) is 6.75. The molecule has 1 rings (SSSR count). The topological polar surface area (TPSA) is 90.4 Å². The highest BCUT2D eigenvalue weighted by atomic mass is 16.5. The summed E-state index contributed by atoms with van der Waals surface area (Å²) in [6.07, 6.45) is 2.93. The smallest absolute Gasteiger partial charge is 0.266 e. The van der Waals surface area contributed by atoms with Gasteiger partial charge in [0.25, 0.3) is 5.91 Å². The number of aliphatic hydroxyl groups excluding tert-OH is 1. The molecule has 1 aromatic heterocycles. The first-order valence-electron chi connectivity index (χ1n) is 4.24. The van der Waals surface area contributed by atoms with Crippen molar-refractivity contribution in [2.75, 3.05) is 19.8 Å². The minimum Gasteiger partial charge on any atom is -0.394 e. The van der Waals surface area contributed by atoms with Gasteiger partial charge in [0.1, 0.15) is 5.69 Å². The van der Waals surface area contributed by atoms with Crippen LogP contribution in [0.5, 0.6) is 0 Å². The fourth-order valence-corrected chi connectivity index (χ4v) is 1.03. The molecule has 0 bridgehead atoms. The summed E-state index contributed by atoms with van der Waals surface area (Å²) in [6, 6.07) is 0. The Morgan fingerprint density at radius 2 is 2.43 bits per heavy atom. The molecule has 0 unspecified atom stereocenters. The second-order valence-electron chi connectivity index (χ2n) is 2.67. The summed E-state index contributed by atoms with van der Waals surface area (Å²) in [7, 11) is 0. The minimum absolute atomic E-state index is 0.00734. The van der Waals surface area contributed by atoms with Gasteiger partial charge in [-0.15, -0.1) is 0 Å². The molecule has 0 radical (unpaired) electrons. The Morgan fingerprint density at radius 3 is 3.07 bits per heavy atom. The van der Waals surface area contributed by atoms with E-state index in [1.807, 2.05) is 0 Å². The van der Waals surface area contributed by atoms with E-state index in [0.29, 0.717) is 25.5 Å². The van der Waals surface area contributed by atoms with Crippen LogP contribution in [0.15, 0.2) is 12.5 Å². The number of nitrogens with zero attached hydrogens (tertiary/aromatic N) is 2. The number of amides is 1. The van der Waals surface area contributed by atoms with Gasteiger partial charge in [-0.1, -0.05) is 0 Å². The molecule has 0 saturated heterocycles. The largest absolute Gasteiger partial charge is 0.394 e. The Balaban J connectivity index is 2.42. The summed E-state index contributed by atoms with van der Waals surface area (Å²) in [5.41, 5.74) is 5.47. The van der Waals surface area contributed by atoms with Crippen LogP contribution in [0.1, 0.15) is 10.5 Å². The van der Waals surface area contributed by atoms with Crippen molar-refractivity contribution < 1.29 is 14.6 Å². The lowest BCUT2D eigenvalue weighted by Crippen LogP contribution is -2.18. The first kappa shape index (κ1) is 10.7. The van der Waals surface area contributed by atoms with Gasteiger partial charge >= 0.3 is 0 Å². The number of carbonyl (C=O) groups is 1. The second kappa shape index (κ2) is 5.36. The summed E-state index contributed by atoms with van der Waals surface area (Å²) in [5, 5.41) is 8.45. The third kappa shape index (κ3) is 2.82. The van der Waals surface area contributed by atoms with Crippen molar-refractivity contribution in [3.63, 3.8) is 0 Å². The molecule has 6 nitrogen and oxygen atoms in total. The molecule has 0 saturated carbocycles. The number of aromatic nitrogens is 2. The quantitative estimate of drug-likeness (QED) is 0.574. The van der Waals surface area contributed by atoms with Gasteiger partial charge in [-0.2, -0.15) is 0 Å². The van der Waals surface area contributed by atoms with Crippen molar-refractivity contribution in [3.8, 4) is 0 Å². The lowest BCUT2D eigenvalue weighted by molar-refractivity contribution is 0.0855. The van der Waals surface area contributed by atoms with Crippen LogP contribution < -0.4 is 5.73 Å². The third-order valence-corrected chi connectivity index (χ3v) is 1.68. The van der Waals surface area contributed by atoms with Gasteiger partial charge in [0.2, 0.25) is 0 Å². The number of carbonyl (C=O) groups excluding carboxylic acids is 1. The predicted molar refractivity (Wildman–Crippen MR) is 48.6 cm³/mol. The zero-order valence-electron chi connectivity index (χ0n) is 7.72. The Bertz CT molecular complexity index is 298. The molecule has 78 valence electrons. The zero-order chi connectivity index (χ0) is 10.4. The van der Waals surface area contributed by atoms with Crippen molar-refractivity contribution >= 4 is 5.91 Å². The van der Waals surface area contributed by atoms with E-state index in [1.54, 1.807) is 4.57 Å². The van der Waals surface area contributed by atoms with Crippen molar-refractivity contribution in [2.45, 2.75) is 6.54 Å². The molecule has 1 heterocycles. The van der Waals surface area contributed by atoms with Gasteiger partial charge in [-0.3, -0.25) is 4.79 Å². The van der Waals surface area contributed by atoms with Crippen LogP contribution in [0.4, 0.5) is 0 Å². The standard InChI is InChI=1S/C8H13N3O3/c9-8(13)7-5-10-6-11(7)1-3-14-4-2-12/h5-6,12H,1-4H2,(H2,9,13). The van der Waals surface area contributed by atoms with E-state index in [0.717, 1.165) is 0 Å². The lowest BCUT2D eigenvalue weighted by atomic mass is 10.4. The van der Waals surface area contributed by atoms with Crippen LogP contribution in [0.25, 0.3) is 0 Å². The van der Waals surface area contributed by atoms with Gasteiger partial charge < -0.3 is 20.1 Å². The molecular formula is C8H13N3O3. The summed E-state index contributed by atoms with van der Waals surface area (Å²) in [6.45, 7) is 1.20. The lowest BCUT2D eigenvalue weighted by Gasteiger charge is -2.05. The summed E-state index contributed by atoms with van der Waals surface area (Å²) >= 11 is 0. The molecule has 0 aliphatic heterocycles. The number of rotatable bonds is 6. The molecule has 0 aliphatic rings. The highest BCUT2D eigenvalue weighted by Crippen LogP contribution is 1.97. The van der Waals surface area contributed by atoms with Gasteiger partial charge in [0.15, 0.2) is 0 Å². The number of imidazole rings is 1. The molecule has 1 aromatic rings. The fraction of sp³-hybridized carbons (Fsp3) is 0.500. The normalized spacial score (nSPS) is 10.4. The van der Waals surface area contributed by atoms with E-state index in [1.165, 1.54) is 12.5 Å². The molecule has 0 spiro atoms. The van der Waals surface area contributed by atoms with E-state index in [4.69, 9.17) is 15.6 Å². The molecule has 6 heteroatoms. The molecule has 0 aromatic carbocycles.